The number of aromatic hydroxyl groups is 1. The molecule has 2 N–H and O–H groups in total. The first-order valence-corrected chi connectivity index (χ1v) is 9.37. The average Bonchev–Trinajstić information content (AvgIpc) is 3.14. The van der Waals surface area contributed by atoms with Crippen molar-refractivity contribution in [2.24, 2.45) is 0 Å². The largest absolute Gasteiger partial charge is 0.501 e. The van der Waals surface area contributed by atoms with Crippen LogP contribution >= 0.6 is 0 Å². The average molecular weight is 435 g/mol. The quantitative estimate of drug-likeness (QED) is 0.472. The Morgan fingerprint density at radius 3 is 2.25 bits per heavy atom. The normalized spacial score (nSPS) is 10.8. The lowest BCUT2D eigenvalue weighted by molar-refractivity contribution is 0.0942. The predicted octanol–water partition coefficient (Wildman–Crippen LogP) is 3.01. The number of aromatic nitrogens is 3. The molecule has 0 aliphatic heterocycles. The lowest BCUT2D eigenvalue weighted by Crippen LogP contribution is -2.29. The van der Waals surface area contributed by atoms with Gasteiger partial charge in [-0.05, 0) is 35.4 Å². The Labute approximate surface area is 179 Å². The lowest BCUT2D eigenvalue weighted by atomic mass is 10.2. The second kappa shape index (κ2) is 8.31. The van der Waals surface area contributed by atoms with Gasteiger partial charge < -0.3 is 10.4 Å². The fraction of sp³-hybridized carbons (Fsp3) is 0.0909. The Morgan fingerprint density at radius 2 is 1.66 bits per heavy atom. The van der Waals surface area contributed by atoms with Gasteiger partial charge in [0.05, 0.1) is 13.1 Å². The van der Waals surface area contributed by atoms with Gasteiger partial charge in [0.1, 0.15) is 11.6 Å². The third-order valence-electron chi connectivity index (χ3n) is 4.75. The van der Waals surface area contributed by atoms with E-state index in [4.69, 9.17) is 6.57 Å². The van der Waals surface area contributed by atoms with Crippen molar-refractivity contribution >= 4 is 17.2 Å². The number of hydrogen-bond donors (Lipinski definition) is 2. The second-order valence-corrected chi connectivity index (χ2v) is 6.91. The number of amides is 1. The molecule has 2 aromatic heterocycles. The number of rotatable bonds is 5. The molecule has 0 aliphatic rings. The Hall–Kier alpha value is -4.52. The standard InChI is InChI=1S/C22H15F2N5O3/c1-25-17-12-28(11-14-4-8-16(24)9-5-14)29-20(17)27-18(19(30)22(29)32)21(31)26-10-13-2-6-15(23)7-3-13/h2-9,12,30H,10-11H2,(H,26,31). The maximum absolute atomic E-state index is 13.2. The van der Waals surface area contributed by atoms with Crippen molar-refractivity contribution in [3.05, 3.63) is 105 Å². The molecule has 0 fully saturated rings. The number of halogens is 2. The summed E-state index contributed by atoms with van der Waals surface area (Å²) in [4.78, 5) is 32.8. The molecule has 0 unspecified atom stereocenters. The first-order valence-electron chi connectivity index (χ1n) is 9.37. The zero-order valence-corrected chi connectivity index (χ0v) is 16.4. The van der Waals surface area contributed by atoms with E-state index in [0.29, 0.717) is 11.1 Å². The summed E-state index contributed by atoms with van der Waals surface area (Å²) in [7, 11) is 0. The molecule has 0 spiro atoms. The van der Waals surface area contributed by atoms with Crippen LogP contribution in [0.25, 0.3) is 10.5 Å². The highest BCUT2D eigenvalue weighted by Gasteiger charge is 2.22. The van der Waals surface area contributed by atoms with E-state index in [9.17, 15) is 23.5 Å². The molecule has 0 bridgehead atoms. The number of fused-ring (bicyclic) bond motifs is 1. The zero-order chi connectivity index (χ0) is 22.8. The van der Waals surface area contributed by atoms with E-state index < -0.39 is 34.5 Å². The monoisotopic (exact) mass is 435 g/mol. The number of nitrogens with one attached hydrogen (secondary N) is 1. The van der Waals surface area contributed by atoms with Crippen molar-refractivity contribution in [3.8, 4) is 5.75 Å². The van der Waals surface area contributed by atoms with Crippen molar-refractivity contribution in [2.45, 2.75) is 13.1 Å². The third kappa shape index (κ3) is 3.91. The van der Waals surface area contributed by atoms with Crippen LogP contribution in [0, 0.1) is 18.2 Å². The van der Waals surface area contributed by atoms with E-state index >= 15 is 0 Å². The van der Waals surface area contributed by atoms with Gasteiger partial charge in [-0.25, -0.2) is 23.1 Å². The van der Waals surface area contributed by atoms with Gasteiger partial charge >= 0.3 is 5.56 Å². The predicted molar refractivity (Wildman–Crippen MR) is 110 cm³/mol. The smallest absolute Gasteiger partial charge is 0.314 e. The van der Waals surface area contributed by atoms with Crippen LogP contribution in [-0.4, -0.2) is 25.2 Å². The van der Waals surface area contributed by atoms with Crippen molar-refractivity contribution in [3.63, 3.8) is 0 Å². The summed E-state index contributed by atoms with van der Waals surface area (Å²) in [6.45, 7) is 7.49. The molecule has 0 aliphatic carbocycles. The molecule has 1 amide bonds. The number of nitrogens with zero attached hydrogens (tertiary/aromatic N) is 4. The summed E-state index contributed by atoms with van der Waals surface area (Å²) in [5.74, 6) is -2.54. The minimum atomic E-state index is -0.932. The molecule has 0 radical (unpaired) electrons. The van der Waals surface area contributed by atoms with E-state index in [2.05, 4.69) is 15.1 Å². The summed E-state index contributed by atoms with van der Waals surface area (Å²) < 4.78 is 28.5. The van der Waals surface area contributed by atoms with Gasteiger partial charge in [-0.2, -0.15) is 0 Å². The highest BCUT2D eigenvalue weighted by atomic mass is 19.1. The van der Waals surface area contributed by atoms with Crippen molar-refractivity contribution in [2.75, 3.05) is 0 Å². The van der Waals surface area contributed by atoms with Crippen LogP contribution in [0.3, 0.4) is 0 Å². The topological polar surface area (TPSA) is 93.0 Å². The summed E-state index contributed by atoms with van der Waals surface area (Å²) in [5, 5.41) is 12.9. The van der Waals surface area contributed by atoms with Gasteiger partial charge in [0, 0.05) is 12.7 Å². The number of hydrogen-bond acceptors (Lipinski definition) is 4. The molecule has 32 heavy (non-hydrogen) atoms. The van der Waals surface area contributed by atoms with Gasteiger partial charge in [0.15, 0.2) is 11.3 Å². The van der Waals surface area contributed by atoms with E-state index in [1.165, 1.54) is 59.4 Å². The fourth-order valence-electron chi connectivity index (χ4n) is 3.16. The maximum Gasteiger partial charge on any atom is 0.314 e. The van der Waals surface area contributed by atoms with Crippen molar-refractivity contribution < 1.29 is 18.7 Å². The SMILES string of the molecule is [C-]#[N+]c1cn(Cc2ccc(F)cc2)n2c(=O)c(O)c(C(=O)NCc3ccc(F)cc3)nc12. The van der Waals surface area contributed by atoms with Crippen LogP contribution in [0.5, 0.6) is 5.75 Å². The van der Waals surface area contributed by atoms with Crippen LogP contribution in [0.15, 0.2) is 59.5 Å². The molecule has 0 saturated heterocycles. The van der Waals surface area contributed by atoms with Crippen molar-refractivity contribution in [1.82, 2.24) is 19.5 Å². The van der Waals surface area contributed by atoms with Crippen molar-refractivity contribution in [1.29, 1.82) is 0 Å². The molecule has 2 aromatic carbocycles. The maximum atomic E-state index is 13.2. The highest BCUT2D eigenvalue weighted by molar-refractivity contribution is 5.95. The summed E-state index contributed by atoms with van der Waals surface area (Å²) in [6.07, 6.45) is 1.36. The Bertz CT molecular complexity index is 1420. The van der Waals surface area contributed by atoms with Crippen LogP contribution in [-0.2, 0) is 13.1 Å². The van der Waals surface area contributed by atoms with Gasteiger partial charge in [-0.15, -0.1) is 0 Å². The van der Waals surface area contributed by atoms with E-state index in [1.54, 1.807) is 0 Å². The van der Waals surface area contributed by atoms with Gasteiger partial charge in [0.2, 0.25) is 11.4 Å². The van der Waals surface area contributed by atoms with E-state index in [0.717, 1.165) is 4.52 Å². The first-order chi connectivity index (χ1) is 15.4. The Kier molecular flexibility index (Phi) is 5.39. The molecular weight excluding hydrogens is 420 g/mol. The molecule has 160 valence electrons. The van der Waals surface area contributed by atoms with E-state index in [-0.39, 0.29) is 24.4 Å². The molecule has 8 nitrogen and oxygen atoms in total. The first kappa shape index (κ1) is 20.7. The molecular formula is C22H15F2N5O3. The highest BCUT2D eigenvalue weighted by Crippen LogP contribution is 2.22. The number of benzene rings is 2. The van der Waals surface area contributed by atoms with E-state index in [1.807, 2.05) is 0 Å². The van der Waals surface area contributed by atoms with Gasteiger partial charge in [0.25, 0.3) is 5.91 Å². The number of carbonyl (C=O) groups is 1. The minimum absolute atomic E-state index is 0.00297. The zero-order valence-electron chi connectivity index (χ0n) is 16.4. The van der Waals surface area contributed by atoms with Gasteiger partial charge in [-0.3, -0.25) is 14.3 Å². The molecule has 10 heteroatoms. The lowest BCUT2D eigenvalue weighted by Gasteiger charge is -2.10. The summed E-state index contributed by atoms with van der Waals surface area (Å²) in [6, 6.07) is 11.0. The van der Waals surface area contributed by atoms with Crippen LogP contribution < -0.4 is 10.9 Å². The number of carbonyl (C=O) groups excluding carboxylic acids is 1. The van der Waals surface area contributed by atoms with Crippen LogP contribution in [0.2, 0.25) is 0 Å². The Balaban J connectivity index is 1.69. The fourth-order valence-corrected chi connectivity index (χ4v) is 3.16. The Morgan fingerprint density at radius 1 is 1.06 bits per heavy atom. The molecule has 4 aromatic rings. The van der Waals surface area contributed by atoms with Gasteiger partial charge in [-0.1, -0.05) is 24.3 Å². The molecule has 2 heterocycles. The third-order valence-corrected chi connectivity index (χ3v) is 4.75. The molecule has 0 atom stereocenters. The summed E-state index contributed by atoms with van der Waals surface area (Å²) >= 11 is 0. The minimum Gasteiger partial charge on any atom is -0.501 e. The molecule has 4 rings (SSSR count). The molecule has 0 saturated carbocycles. The van der Waals surface area contributed by atoms with Crippen LogP contribution in [0.4, 0.5) is 14.5 Å². The second-order valence-electron chi connectivity index (χ2n) is 6.91. The summed E-state index contributed by atoms with van der Waals surface area (Å²) in [5.41, 5.74) is -0.314. The van der Waals surface area contributed by atoms with Crippen LogP contribution in [0.1, 0.15) is 21.6 Å².